The van der Waals surface area contributed by atoms with Gasteiger partial charge in [-0.2, -0.15) is 5.26 Å². The molecule has 3 aromatic carbocycles. The molecule has 0 bridgehead atoms. The van der Waals surface area contributed by atoms with Gasteiger partial charge in [0.1, 0.15) is 23.1 Å². The predicted molar refractivity (Wildman–Crippen MR) is 140 cm³/mol. The van der Waals surface area contributed by atoms with Crippen LogP contribution in [0.15, 0.2) is 72.1 Å². The third kappa shape index (κ3) is 5.82. The minimum absolute atomic E-state index is 0.0139. The number of carbonyl (C=O) groups is 1. The highest BCUT2D eigenvalue weighted by Crippen LogP contribution is 2.45. The molecule has 190 valence electrons. The first-order valence-corrected chi connectivity index (χ1v) is 12.3. The van der Waals surface area contributed by atoms with Crippen LogP contribution in [0.1, 0.15) is 53.6 Å². The molecule has 0 spiro atoms. The number of hydrogen-bond donors (Lipinski definition) is 1. The Morgan fingerprint density at radius 2 is 1.86 bits per heavy atom. The lowest BCUT2D eigenvalue weighted by molar-refractivity contribution is 0.0734. The Bertz CT molecular complexity index is 1360. The van der Waals surface area contributed by atoms with Crippen molar-refractivity contribution in [3.05, 3.63) is 93.8 Å². The van der Waals surface area contributed by atoms with E-state index in [1.165, 1.54) is 0 Å². The van der Waals surface area contributed by atoms with Crippen LogP contribution >= 0.6 is 11.6 Å². The summed E-state index contributed by atoms with van der Waals surface area (Å²) >= 11 is 5.90. The fourth-order valence-corrected chi connectivity index (χ4v) is 4.24. The van der Waals surface area contributed by atoms with Gasteiger partial charge in [0.15, 0.2) is 11.5 Å². The van der Waals surface area contributed by atoms with Gasteiger partial charge in [-0.15, -0.1) is 0 Å². The summed E-state index contributed by atoms with van der Waals surface area (Å²) in [5.74, 6) is 0.809. The zero-order valence-electron chi connectivity index (χ0n) is 20.6. The van der Waals surface area contributed by atoms with Gasteiger partial charge >= 0.3 is 5.97 Å². The number of benzene rings is 3. The molecule has 4 rings (SSSR count). The first-order valence-electron chi connectivity index (χ1n) is 11.9. The number of rotatable bonds is 9. The van der Waals surface area contributed by atoms with Crippen molar-refractivity contribution in [1.29, 1.82) is 5.26 Å². The van der Waals surface area contributed by atoms with Crippen LogP contribution in [0.2, 0.25) is 5.02 Å². The third-order valence-electron chi connectivity index (χ3n) is 6.01. The van der Waals surface area contributed by atoms with Gasteiger partial charge in [0.25, 0.3) is 0 Å². The molecule has 7 nitrogen and oxygen atoms in total. The third-order valence-corrected chi connectivity index (χ3v) is 6.26. The molecule has 1 aliphatic heterocycles. The second-order valence-corrected chi connectivity index (χ2v) is 8.92. The highest BCUT2D eigenvalue weighted by Gasteiger charge is 2.31. The maximum Gasteiger partial charge on any atom is 0.343 e. The van der Waals surface area contributed by atoms with Crippen molar-refractivity contribution < 1.29 is 23.7 Å². The van der Waals surface area contributed by atoms with E-state index in [1.54, 1.807) is 49.6 Å². The molecule has 1 heterocycles. The van der Waals surface area contributed by atoms with Crippen molar-refractivity contribution in [2.45, 2.75) is 32.1 Å². The van der Waals surface area contributed by atoms with E-state index in [4.69, 9.17) is 36.3 Å². The molecule has 0 radical (unpaired) electrons. The number of unbranched alkanes of at least 4 members (excludes halogenated alkanes) is 2. The van der Waals surface area contributed by atoms with E-state index < -0.39 is 11.9 Å². The number of allylic oxidation sites excluding steroid dienone is 1. The molecule has 0 aromatic heterocycles. The van der Waals surface area contributed by atoms with E-state index in [1.807, 2.05) is 18.2 Å². The van der Waals surface area contributed by atoms with Crippen molar-refractivity contribution in [2.75, 3.05) is 13.7 Å². The maximum absolute atomic E-state index is 12.5. The van der Waals surface area contributed by atoms with Crippen LogP contribution in [0.5, 0.6) is 23.0 Å². The number of nitriles is 1. The van der Waals surface area contributed by atoms with Gasteiger partial charge in [0, 0.05) is 16.7 Å². The smallest absolute Gasteiger partial charge is 0.343 e. The number of hydrogen-bond acceptors (Lipinski definition) is 7. The number of nitrogens with zero attached hydrogens (tertiary/aromatic N) is 1. The monoisotopic (exact) mass is 518 g/mol. The molecule has 0 aliphatic carbocycles. The number of halogens is 1. The number of esters is 1. The first-order chi connectivity index (χ1) is 17.9. The Labute approximate surface area is 221 Å². The molecule has 1 atom stereocenters. The quantitative estimate of drug-likeness (QED) is 0.200. The van der Waals surface area contributed by atoms with Gasteiger partial charge < -0.3 is 24.7 Å². The van der Waals surface area contributed by atoms with Gasteiger partial charge in [-0.1, -0.05) is 43.5 Å². The lowest BCUT2D eigenvalue weighted by Gasteiger charge is -2.27. The van der Waals surface area contributed by atoms with Crippen LogP contribution in [-0.4, -0.2) is 19.7 Å². The number of ether oxygens (including phenoxy) is 4. The molecule has 0 saturated heterocycles. The Balaban J connectivity index is 1.63. The van der Waals surface area contributed by atoms with E-state index in [-0.39, 0.29) is 17.2 Å². The molecule has 1 unspecified atom stereocenters. The number of carbonyl (C=O) groups excluding carboxylic acids is 1. The average Bonchev–Trinajstić information content (AvgIpc) is 2.90. The average molecular weight is 519 g/mol. The summed E-state index contributed by atoms with van der Waals surface area (Å²) in [4.78, 5) is 12.5. The normalized spacial score (nSPS) is 14.3. The van der Waals surface area contributed by atoms with E-state index in [0.717, 1.165) is 24.8 Å². The van der Waals surface area contributed by atoms with Gasteiger partial charge in [-0.05, 0) is 54.4 Å². The fraction of sp³-hybridized carbons (Fsp3) is 0.241. The van der Waals surface area contributed by atoms with E-state index in [9.17, 15) is 10.1 Å². The minimum Gasteiger partial charge on any atom is -0.493 e. The summed E-state index contributed by atoms with van der Waals surface area (Å²) in [6.45, 7) is 2.73. The minimum atomic E-state index is -0.538. The largest absolute Gasteiger partial charge is 0.493 e. The van der Waals surface area contributed by atoms with Crippen molar-refractivity contribution in [3.8, 4) is 29.1 Å². The van der Waals surface area contributed by atoms with Crippen LogP contribution < -0.4 is 24.7 Å². The van der Waals surface area contributed by atoms with Crippen LogP contribution in [-0.2, 0) is 0 Å². The topological polar surface area (TPSA) is 104 Å². The predicted octanol–water partition coefficient (Wildman–Crippen LogP) is 6.35. The Morgan fingerprint density at radius 1 is 1.08 bits per heavy atom. The highest BCUT2D eigenvalue weighted by atomic mass is 35.5. The van der Waals surface area contributed by atoms with Crippen molar-refractivity contribution in [1.82, 2.24) is 0 Å². The van der Waals surface area contributed by atoms with Crippen molar-refractivity contribution in [2.24, 2.45) is 5.73 Å². The summed E-state index contributed by atoms with van der Waals surface area (Å²) in [5.41, 5.74) is 8.26. The van der Waals surface area contributed by atoms with Gasteiger partial charge in [-0.25, -0.2) is 4.79 Å². The van der Waals surface area contributed by atoms with E-state index >= 15 is 0 Å². The molecular weight excluding hydrogens is 492 g/mol. The standard InChI is InChI=1S/C29H27ClN2O5/c1-3-4-5-14-35-24-13-8-19(15-26(24)34-2)27-22-12-11-21(16-25(22)37-28(32)23(27)17-31)36-29(33)18-6-9-20(30)10-7-18/h6-13,15-16,27H,3-5,14,32H2,1-2H3. The second-order valence-electron chi connectivity index (χ2n) is 8.49. The van der Waals surface area contributed by atoms with Gasteiger partial charge in [0.05, 0.1) is 25.2 Å². The Hall–Kier alpha value is -4.15. The molecule has 8 heteroatoms. The van der Waals surface area contributed by atoms with Crippen molar-refractivity contribution in [3.63, 3.8) is 0 Å². The summed E-state index contributed by atoms with van der Waals surface area (Å²) in [7, 11) is 1.58. The number of methoxy groups -OCH3 is 1. The fourth-order valence-electron chi connectivity index (χ4n) is 4.11. The summed E-state index contributed by atoms with van der Waals surface area (Å²) in [6.07, 6.45) is 3.15. The van der Waals surface area contributed by atoms with E-state index in [0.29, 0.717) is 40.0 Å². The molecule has 3 aromatic rings. The summed E-state index contributed by atoms with van der Waals surface area (Å²) < 4.78 is 22.8. The maximum atomic E-state index is 12.5. The molecular formula is C29H27ClN2O5. The van der Waals surface area contributed by atoms with Crippen LogP contribution in [0.4, 0.5) is 0 Å². The number of nitrogens with two attached hydrogens (primary N) is 1. The van der Waals surface area contributed by atoms with E-state index in [2.05, 4.69) is 13.0 Å². The lowest BCUT2D eigenvalue weighted by Crippen LogP contribution is -2.21. The molecule has 2 N–H and O–H groups in total. The molecule has 1 aliphatic rings. The van der Waals surface area contributed by atoms with Gasteiger partial charge in [0.2, 0.25) is 5.88 Å². The van der Waals surface area contributed by atoms with Crippen LogP contribution in [0, 0.1) is 11.3 Å². The molecule has 0 amide bonds. The molecule has 37 heavy (non-hydrogen) atoms. The molecule has 0 saturated carbocycles. The zero-order chi connectivity index (χ0) is 26.4. The number of fused-ring (bicyclic) bond motifs is 1. The first kappa shape index (κ1) is 25.9. The summed E-state index contributed by atoms with van der Waals surface area (Å²) in [5, 5.41) is 10.4. The Kier molecular flexibility index (Phi) is 8.22. The lowest BCUT2D eigenvalue weighted by atomic mass is 9.83. The van der Waals surface area contributed by atoms with Gasteiger partial charge in [-0.3, -0.25) is 0 Å². The SMILES string of the molecule is CCCCCOc1ccc(C2C(C#N)=C(N)Oc3cc(OC(=O)c4ccc(Cl)cc4)ccc32)cc1OC. The second kappa shape index (κ2) is 11.7. The summed E-state index contributed by atoms with van der Waals surface area (Å²) in [6, 6.07) is 19.1. The highest BCUT2D eigenvalue weighted by molar-refractivity contribution is 6.30. The Morgan fingerprint density at radius 3 is 2.57 bits per heavy atom. The van der Waals surface area contributed by atoms with Crippen molar-refractivity contribution >= 4 is 17.6 Å². The molecule has 0 fully saturated rings. The zero-order valence-corrected chi connectivity index (χ0v) is 21.4. The van der Waals surface area contributed by atoms with Crippen LogP contribution in [0.25, 0.3) is 0 Å². The van der Waals surface area contributed by atoms with Crippen LogP contribution in [0.3, 0.4) is 0 Å².